The van der Waals surface area contributed by atoms with Crippen LogP contribution in [0.5, 0.6) is 0 Å². The highest BCUT2D eigenvalue weighted by Crippen LogP contribution is 2.27. The maximum Gasteiger partial charge on any atom is 0.323 e. The van der Waals surface area contributed by atoms with Crippen molar-refractivity contribution in [3.05, 3.63) is 30.5 Å². The molecule has 2 heterocycles. The Kier molecular flexibility index (Phi) is 16.3. The van der Waals surface area contributed by atoms with Gasteiger partial charge in [-0.15, -0.1) is 0 Å². The lowest BCUT2D eigenvalue weighted by Gasteiger charge is -2.29. The fraction of sp³-hybridized carbons (Fsp3) is 0.609. The van der Waals surface area contributed by atoms with Crippen LogP contribution in [0.15, 0.2) is 30.5 Å². The van der Waals surface area contributed by atoms with Crippen molar-refractivity contribution in [3.8, 4) is 0 Å². The van der Waals surface area contributed by atoms with Crippen LogP contribution >= 0.6 is 0 Å². The van der Waals surface area contributed by atoms with Crippen molar-refractivity contribution >= 4 is 22.6 Å². The van der Waals surface area contributed by atoms with E-state index in [-0.39, 0.29) is 6.54 Å². The molecular formula is C23H41N3O5. The quantitative estimate of drug-likeness (QED) is 0.610. The average molecular weight is 440 g/mol. The van der Waals surface area contributed by atoms with Crippen LogP contribution in [0.3, 0.4) is 0 Å². The molecular weight excluding hydrogens is 398 g/mol. The van der Waals surface area contributed by atoms with Crippen LogP contribution in [0.4, 0.5) is 5.69 Å². The van der Waals surface area contributed by atoms with Crippen LogP contribution in [0, 0.1) is 0 Å². The molecule has 0 radical (unpaired) electrons. The number of anilines is 1. The summed E-state index contributed by atoms with van der Waals surface area (Å²) in [6, 6.07) is 8.05. The SMILES string of the molecule is CC.CCCO.CN(CCN1CCOCC1)c1cccc2c1ccn2CC(=O)O.CO. The maximum absolute atomic E-state index is 11.0. The summed E-state index contributed by atoms with van der Waals surface area (Å²) in [6.07, 6.45) is 2.72. The predicted molar refractivity (Wildman–Crippen MR) is 127 cm³/mol. The first-order chi connectivity index (χ1) is 15.1. The number of carboxylic acids is 1. The van der Waals surface area contributed by atoms with E-state index in [0.717, 1.165) is 69.5 Å². The minimum atomic E-state index is -0.825. The van der Waals surface area contributed by atoms with Crippen LogP contribution in [0.2, 0.25) is 0 Å². The van der Waals surface area contributed by atoms with E-state index in [2.05, 4.69) is 22.9 Å². The smallest absolute Gasteiger partial charge is 0.323 e. The van der Waals surface area contributed by atoms with E-state index in [4.69, 9.17) is 20.1 Å². The molecule has 0 bridgehead atoms. The number of carboxylic acid groups (broad SMARTS) is 1. The minimum absolute atomic E-state index is 0.00948. The molecule has 3 N–H and O–H groups in total. The number of hydrogen-bond donors (Lipinski definition) is 3. The van der Waals surface area contributed by atoms with Gasteiger partial charge >= 0.3 is 5.97 Å². The normalized spacial score (nSPS) is 13.1. The number of aliphatic hydroxyl groups is 2. The van der Waals surface area contributed by atoms with Gasteiger partial charge < -0.3 is 29.5 Å². The number of benzene rings is 1. The monoisotopic (exact) mass is 439 g/mol. The van der Waals surface area contributed by atoms with Crippen molar-refractivity contribution in [2.24, 2.45) is 0 Å². The first-order valence-electron chi connectivity index (χ1n) is 10.9. The number of aromatic nitrogens is 1. The number of nitrogens with zero attached hydrogens (tertiary/aromatic N) is 3. The van der Waals surface area contributed by atoms with Crippen LogP contribution in [-0.2, 0) is 16.1 Å². The zero-order valence-corrected chi connectivity index (χ0v) is 19.8. The van der Waals surface area contributed by atoms with Crippen molar-refractivity contribution in [1.82, 2.24) is 9.47 Å². The number of aliphatic hydroxyl groups excluding tert-OH is 2. The summed E-state index contributed by atoms with van der Waals surface area (Å²) < 4.78 is 7.15. The maximum atomic E-state index is 11.0. The molecule has 178 valence electrons. The van der Waals surface area contributed by atoms with Crippen molar-refractivity contribution in [1.29, 1.82) is 0 Å². The molecule has 1 aliphatic rings. The number of hydrogen-bond acceptors (Lipinski definition) is 6. The predicted octanol–water partition coefficient (Wildman–Crippen LogP) is 2.52. The van der Waals surface area contributed by atoms with Gasteiger partial charge in [-0.3, -0.25) is 9.69 Å². The van der Waals surface area contributed by atoms with Gasteiger partial charge in [0.2, 0.25) is 0 Å². The van der Waals surface area contributed by atoms with Crippen molar-refractivity contribution in [2.45, 2.75) is 33.7 Å². The third kappa shape index (κ3) is 10.1. The molecule has 1 aromatic carbocycles. The second-order valence-corrected chi connectivity index (χ2v) is 6.65. The number of fused-ring (bicyclic) bond motifs is 1. The van der Waals surface area contributed by atoms with Gasteiger partial charge in [-0.2, -0.15) is 0 Å². The molecule has 0 atom stereocenters. The summed E-state index contributed by atoms with van der Waals surface area (Å²) >= 11 is 0. The summed E-state index contributed by atoms with van der Waals surface area (Å²) in [7, 11) is 3.09. The van der Waals surface area contributed by atoms with E-state index >= 15 is 0 Å². The standard InChI is InChI=1S/C17H23N3O3.C3H8O.C2H6.CH4O/c1-18(7-8-19-9-11-23-12-10-19)15-3-2-4-16-14(15)5-6-20(16)13-17(21)22;1-2-3-4;2*1-2/h2-6H,7-13H2,1H3,(H,21,22);4H,2-3H2,1H3;1-2H3;2H,1H3. The van der Waals surface area contributed by atoms with Crippen molar-refractivity contribution in [2.75, 3.05) is 65.1 Å². The number of ether oxygens (including phenoxy) is 1. The Morgan fingerprint density at radius 1 is 1.16 bits per heavy atom. The zero-order valence-electron chi connectivity index (χ0n) is 19.8. The molecule has 0 spiro atoms. The summed E-state index contributed by atoms with van der Waals surface area (Å²) in [5.41, 5.74) is 2.10. The Bertz CT molecular complexity index is 712. The molecule has 0 amide bonds. The highest BCUT2D eigenvalue weighted by atomic mass is 16.5. The molecule has 31 heavy (non-hydrogen) atoms. The highest BCUT2D eigenvalue weighted by molar-refractivity contribution is 5.93. The largest absolute Gasteiger partial charge is 0.480 e. The highest BCUT2D eigenvalue weighted by Gasteiger charge is 2.13. The van der Waals surface area contributed by atoms with Gasteiger partial charge in [0, 0.05) is 64.2 Å². The van der Waals surface area contributed by atoms with Crippen molar-refractivity contribution < 1.29 is 24.9 Å². The Morgan fingerprint density at radius 3 is 2.32 bits per heavy atom. The first-order valence-corrected chi connectivity index (χ1v) is 10.9. The second-order valence-electron chi connectivity index (χ2n) is 6.65. The van der Waals surface area contributed by atoms with Crippen LogP contribution in [0.1, 0.15) is 27.2 Å². The van der Waals surface area contributed by atoms with Gasteiger partial charge in [0.15, 0.2) is 0 Å². The third-order valence-electron chi connectivity index (χ3n) is 4.59. The van der Waals surface area contributed by atoms with Crippen molar-refractivity contribution in [3.63, 3.8) is 0 Å². The van der Waals surface area contributed by atoms with Crippen LogP contribution in [0.25, 0.3) is 10.9 Å². The molecule has 3 rings (SSSR count). The van der Waals surface area contributed by atoms with E-state index in [9.17, 15) is 4.79 Å². The summed E-state index contributed by atoms with van der Waals surface area (Å²) in [4.78, 5) is 15.6. The van der Waals surface area contributed by atoms with Gasteiger partial charge in [-0.25, -0.2) is 0 Å². The Morgan fingerprint density at radius 2 is 1.77 bits per heavy atom. The second kappa shape index (κ2) is 17.5. The number of likely N-dealkylation sites (N-methyl/N-ethyl adjacent to an activating group) is 1. The zero-order chi connectivity index (χ0) is 23.6. The van der Waals surface area contributed by atoms with E-state index in [0.29, 0.717) is 6.61 Å². The number of rotatable bonds is 7. The van der Waals surface area contributed by atoms with Gasteiger partial charge in [-0.1, -0.05) is 26.8 Å². The number of aliphatic carboxylic acids is 1. The van der Waals surface area contributed by atoms with E-state index in [1.54, 1.807) is 4.57 Å². The average Bonchev–Trinajstić information content (AvgIpc) is 3.23. The summed E-state index contributed by atoms with van der Waals surface area (Å²) in [5, 5.41) is 25.0. The van der Waals surface area contributed by atoms with E-state index in [1.165, 1.54) is 0 Å². The minimum Gasteiger partial charge on any atom is -0.480 e. The van der Waals surface area contributed by atoms with Crippen LogP contribution < -0.4 is 4.90 Å². The molecule has 1 aliphatic heterocycles. The molecule has 8 nitrogen and oxygen atoms in total. The topological polar surface area (TPSA) is 98.4 Å². The number of carbonyl (C=O) groups is 1. The van der Waals surface area contributed by atoms with Gasteiger partial charge in [-0.05, 0) is 24.6 Å². The lowest BCUT2D eigenvalue weighted by atomic mass is 10.2. The van der Waals surface area contributed by atoms with Gasteiger partial charge in [0.1, 0.15) is 6.54 Å². The molecule has 0 saturated carbocycles. The molecule has 0 unspecified atom stereocenters. The fourth-order valence-electron chi connectivity index (χ4n) is 3.06. The lowest BCUT2D eigenvalue weighted by Crippen LogP contribution is -2.40. The Balaban J connectivity index is 0.000000992. The fourth-order valence-corrected chi connectivity index (χ4v) is 3.06. The molecule has 8 heteroatoms. The Labute approximate surface area is 186 Å². The molecule has 1 saturated heterocycles. The molecule has 0 aliphatic carbocycles. The van der Waals surface area contributed by atoms with Gasteiger partial charge in [0.05, 0.1) is 18.7 Å². The third-order valence-corrected chi connectivity index (χ3v) is 4.59. The van der Waals surface area contributed by atoms with E-state index in [1.807, 2.05) is 45.2 Å². The molecule has 2 aromatic rings. The first kappa shape index (κ1) is 28.9. The number of morpholine rings is 1. The summed E-state index contributed by atoms with van der Waals surface area (Å²) in [6.45, 7) is 11.8. The molecule has 1 aromatic heterocycles. The summed E-state index contributed by atoms with van der Waals surface area (Å²) in [5.74, 6) is -0.825. The van der Waals surface area contributed by atoms with Gasteiger partial charge in [0.25, 0.3) is 0 Å². The van der Waals surface area contributed by atoms with Crippen LogP contribution in [-0.4, -0.2) is 90.9 Å². The molecule has 1 fully saturated rings. The lowest BCUT2D eigenvalue weighted by molar-refractivity contribution is -0.137. The Hall–Kier alpha value is -2.13. The van der Waals surface area contributed by atoms with E-state index < -0.39 is 5.97 Å².